The molecular formula is C19H30N2O3S. The number of carbonyl (C=O) groups excluding carboxylic acids is 1. The number of aliphatic hydroxyl groups excluding tert-OH is 1. The smallest absolute Gasteiger partial charge is 0.410 e. The van der Waals surface area contributed by atoms with Gasteiger partial charge in [0.05, 0.1) is 6.10 Å². The molecule has 140 valence electrons. The minimum absolute atomic E-state index is 0.272. The van der Waals surface area contributed by atoms with Crippen LogP contribution >= 0.6 is 11.8 Å². The summed E-state index contributed by atoms with van der Waals surface area (Å²) in [6, 6.07) is 8.78. The standard InChI is InChI=1S/C19H30N2O3S/c1-14(22)13-21(18(23)24-19(2,3)4)11-10-20-16-9-12-25-17-8-6-5-7-15(16)17/h5-8,14,16,20,22H,9-13H2,1-4H3. The summed E-state index contributed by atoms with van der Waals surface area (Å²) in [6.07, 6.45) is 0.110. The number of amides is 1. The van der Waals surface area contributed by atoms with Gasteiger partial charge < -0.3 is 20.1 Å². The summed E-state index contributed by atoms with van der Waals surface area (Å²) in [5.74, 6) is 1.10. The highest BCUT2D eigenvalue weighted by atomic mass is 32.2. The predicted octanol–water partition coefficient (Wildman–Crippen LogP) is 3.43. The first kappa shape index (κ1) is 20.1. The van der Waals surface area contributed by atoms with E-state index in [1.165, 1.54) is 10.5 Å². The van der Waals surface area contributed by atoms with Crippen LogP contribution in [-0.4, -0.2) is 53.2 Å². The maximum Gasteiger partial charge on any atom is 0.410 e. The van der Waals surface area contributed by atoms with Crippen LogP contribution in [-0.2, 0) is 4.74 Å². The summed E-state index contributed by atoms with van der Waals surface area (Å²) in [5, 5.41) is 13.2. The topological polar surface area (TPSA) is 61.8 Å². The lowest BCUT2D eigenvalue weighted by Crippen LogP contribution is -2.44. The Morgan fingerprint density at radius 2 is 2.16 bits per heavy atom. The first-order valence-corrected chi connectivity index (χ1v) is 9.86. The number of hydrogen-bond donors (Lipinski definition) is 2. The number of carbonyl (C=O) groups is 1. The fourth-order valence-electron chi connectivity index (χ4n) is 2.83. The molecule has 1 aliphatic rings. The van der Waals surface area contributed by atoms with Gasteiger partial charge in [0.1, 0.15) is 5.60 Å². The summed E-state index contributed by atoms with van der Waals surface area (Å²) >= 11 is 1.89. The predicted molar refractivity (Wildman–Crippen MR) is 102 cm³/mol. The fraction of sp³-hybridized carbons (Fsp3) is 0.632. The number of rotatable bonds is 6. The van der Waals surface area contributed by atoms with Crippen LogP contribution in [0.4, 0.5) is 4.79 Å². The van der Waals surface area contributed by atoms with Crippen LogP contribution in [0.1, 0.15) is 45.7 Å². The van der Waals surface area contributed by atoms with Crippen molar-refractivity contribution in [1.82, 2.24) is 10.2 Å². The van der Waals surface area contributed by atoms with Crippen molar-refractivity contribution >= 4 is 17.9 Å². The number of nitrogens with zero attached hydrogens (tertiary/aromatic N) is 1. The lowest BCUT2D eigenvalue weighted by Gasteiger charge is -2.30. The Kier molecular flexibility index (Phi) is 7.16. The molecule has 0 aromatic heterocycles. The molecule has 1 aromatic rings. The van der Waals surface area contributed by atoms with Crippen molar-refractivity contribution in [2.24, 2.45) is 0 Å². The van der Waals surface area contributed by atoms with Gasteiger partial charge in [-0.05, 0) is 51.5 Å². The van der Waals surface area contributed by atoms with Gasteiger partial charge in [0.25, 0.3) is 0 Å². The van der Waals surface area contributed by atoms with Gasteiger partial charge in [0.2, 0.25) is 0 Å². The van der Waals surface area contributed by atoms with E-state index in [0.29, 0.717) is 19.1 Å². The summed E-state index contributed by atoms with van der Waals surface area (Å²) < 4.78 is 5.44. The van der Waals surface area contributed by atoms with Gasteiger partial charge >= 0.3 is 6.09 Å². The van der Waals surface area contributed by atoms with Crippen LogP contribution in [0.5, 0.6) is 0 Å². The van der Waals surface area contributed by atoms with E-state index in [1.807, 2.05) is 32.5 Å². The number of aliphatic hydroxyl groups is 1. The van der Waals surface area contributed by atoms with Crippen LogP contribution < -0.4 is 5.32 Å². The maximum absolute atomic E-state index is 12.3. The van der Waals surface area contributed by atoms with Crippen molar-refractivity contribution in [3.05, 3.63) is 29.8 Å². The van der Waals surface area contributed by atoms with Gasteiger partial charge in [-0.15, -0.1) is 11.8 Å². The zero-order valence-corrected chi connectivity index (χ0v) is 16.4. The second-order valence-electron chi connectivity index (χ2n) is 7.46. The van der Waals surface area contributed by atoms with Crippen LogP contribution in [0.15, 0.2) is 29.2 Å². The number of nitrogens with one attached hydrogen (secondary N) is 1. The Morgan fingerprint density at radius 3 is 2.84 bits per heavy atom. The average Bonchev–Trinajstić information content (AvgIpc) is 2.52. The van der Waals surface area contributed by atoms with E-state index in [1.54, 1.807) is 11.8 Å². The molecule has 0 fully saturated rings. The quantitative estimate of drug-likeness (QED) is 0.808. The van der Waals surface area contributed by atoms with E-state index in [4.69, 9.17) is 4.74 Å². The second-order valence-corrected chi connectivity index (χ2v) is 8.59. The SMILES string of the molecule is CC(O)CN(CCNC1CCSc2ccccc21)C(=O)OC(C)(C)C. The Labute approximate surface area is 155 Å². The van der Waals surface area contributed by atoms with Crippen molar-refractivity contribution in [1.29, 1.82) is 0 Å². The van der Waals surface area contributed by atoms with E-state index in [9.17, 15) is 9.90 Å². The summed E-state index contributed by atoms with van der Waals surface area (Å²) in [4.78, 5) is 15.2. The van der Waals surface area contributed by atoms with Crippen molar-refractivity contribution in [2.75, 3.05) is 25.4 Å². The average molecular weight is 367 g/mol. The molecule has 1 aromatic carbocycles. The molecule has 6 heteroatoms. The minimum atomic E-state index is -0.584. The summed E-state index contributed by atoms with van der Waals surface area (Å²) in [6.45, 7) is 8.66. The third kappa shape index (κ3) is 6.53. The number of benzene rings is 1. The van der Waals surface area contributed by atoms with Crippen LogP contribution in [0.3, 0.4) is 0 Å². The normalized spacial score (nSPS) is 18.4. The highest BCUT2D eigenvalue weighted by molar-refractivity contribution is 7.99. The Morgan fingerprint density at radius 1 is 1.44 bits per heavy atom. The molecule has 0 spiro atoms. The van der Waals surface area contributed by atoms with Gasteiger partial charge in [0.15, 0.2) is 0 Å². The van der Waals surface area contributed by atoms with E-state index in [2.05, 4.69) is 29.6 Å². The van der Waals surface area contributed by atoms with Crippen LogP contribution in [0.2, 0.25) is 0 Å². The molecule has 2 atom stereocenters. The van der Waals surface area contributed by atoms with Crippen molar-refractivity contribution in [2.45, 2.75) is 56.8 Å². The molecule has 2 N–H and O–H groups in total. The maximum atomic E-state index is 12.3. The molecule has 1 amide bonds. The zero-order valence-electron chi connectivity index (χ0n) is 15.6. The molecule has 0 radical (unpaired) electrons. The number of hydrogen-bond acceptors (Lipinski definition) is 5. The Hall–Kier alpha value is -1.24. The Balaban J connectivity index is 1.92. The largest absolute Gasteiger partial charge is 0.444 e. The Bertz CT molecular complexity index is 572. The van der Waals surface area contributed by atoms with Gasteiger partial charge in [-0.1, -0.05) is 18.2 Å². The molecular weight excluding hydrogens is 336 g/mol. The third-order valence-corrected chi connectivity index (χ3v) is 4.99. The second kappa shape index (κ2) is 8.92. The lowest BCUT2D eigenvalue weighted by atomic mass is 10.0. The first-order valence-electron chi connectivity index (χ1n) is 8.87. The van der Waals surface area contributed by atoms with Gasteiger partial charge in [-0.2, -0.15) is 0 Å². The van der Waals surface area contributed by atoms with Crippen LogP contribution in [0.25, 0.3) is 0 Å². The third-order valence-electron chi connectivity index (χ3n) is 3.87. The summed E-state index contributed by atoms with van der Waals surface area (Å²) in [7, 11) is 0. The molecule has 1 heterocycles. The highest BCUT2D eigenvalue weighted by Gasteiger charge is 2.24. The van der Waals surface area contributed by atoms with E-state index >= 15 is 0 Å². The monoisotopic (exact) mass is 366 g/mol. The lowest BCUT2D eigenvalue weighted by molar-refractivity contribution is 0.0163. The number of fused-ring (bicyclic) bond motifs is 1. The molecule has 2 unspecified atom stereocenters. The molecule has 25 heavy (non-hydrogen) atoms. The van der Waals surface area contributed by atoms with E-state index in [0.717, 1.165) is 12.2 Å². The van der Waals surface area contributed by atoms with Crippen molar-refractivity contribution < 1.29 is 14.6 Å². The number of ether oxygens (including phenoxy) is 1. The van der Waals surface area contributed by atoms with Gasteiger partial charge in [-0.3, -0.25) is 0 Å². The molecule has 0 aliphatic carbocycles. The molecule has 0 saturated heterocycles. The molecule has 0 saturated carbocycles. The van der Waals surface area contributed by atoms with Crippen LogP contribution in [0, 0.1) is 0 Å². The van der Waals surface area contributed by atoms with Gasteiger partial charge in [0, 0.05) is 30.6 Å². The minimum Gasteiger partial charge on any atom is -0.444 e. The fourth-order valence-corrected chi connectivity index (χ4v) is 3.96. The molecule has 2 rings (SSSR count). The van der Waals surface area contributed by atoms with Crippen molar-refractivity contribution in [3.63, 3.8) is 0 Å². The molecule has 1 aliphatic heterocycles. The van der Waals surface area contributed by atoms with Gasteiger partial charge in [-0.25, -0.2) is 4.79 Å². The zero-order chi connectivity index (χ0) is 18.4. The van der Waals surface area contributed by atoms with E-state index in [-0.39, 0.29) is 12.6 Å². The molecule has 0 bridgehead atoms. The summed E-state index contributed by atoms with van der Waals surface area (Å²) in [5.41, 5.74) is 0.791. The highest BCUT2D eigenvalue weighted by Crippen LogP contribution is 2.35. The molecule has 5 nitrogen and oxygen atoms in total. The van der Waals surface area contributed by atoms with E-state index < -0.39 is 11.7 Å². The van der Waals surface area contributed by atoms with Crippen molar-refractivity contribution in [3.8, 4) is 0 Å². The number of thioether (sulfide) groups is 1. The first-order chi connectivity index (χ1) is 11.8.